The molecule has 1 N–H and O–H groups in total. The van der Waals surface area contributed by atoms with E-state index in [1.165, 1.54) is 18.3 Å². The molecule has 22 heavy (non-hydrogen) atoms. The van der Waals surface area contributed by atoms with Gasteiger partial charge in [-0.25, -0.2) is 4.98 Å². The summed E-state index contributed by atoms with van der Waals surface area (Å²) in [7, 11) is 0. The molecule has 1 atom stereocenters. The fourth-order valence-electron chi connectivity index (χ4n) is 1.61. The quantitative estimate of drug-likeness (QED) is 0.856. The first-order chi connectivity index (χ1) is 10.5. The maximum absolute atomic E-state index is 12.1. The van der Waals surface area contributed by atoms with Gasteiger partial charge in [0, 0.05) is 12.3 Å². The number of benzene rings is 1. The Labute approximate surface area is 131 Å². The zero-order chi connectivity index (χ0) is 16.1. The SMILES string of the molecule is CC(=O)c1csc(NC(=O)[C@H](C)Oc2ccccc2C#N)n1. The topological polar surface area (TPSA) is 92.1 Å². The van der Waals surface area contributed by atoms with Crippen molar-refractivity contribution in [2.24, 2.45) is 0 Å². The number of amides is 1. The maximum Gasteiger partial charge on any atom is 0.266 e. The normalized spacial score (nSPS) is 11.3. The largest absolute Gasteiger partial charge is 0.480 e. The number of nitrogens with zero attached hydrogens (tertiary/aromatic N) is 2. The minimum Gasteiger partial charge on any atom is -0.480 e. The van der Waals surface area contributed by atoms with Gasteiger partial charge in [0.2, 0.25) is 0 Å². The van der Waals surface area contributed by atoms with Gasteiger partial charge in [-0.15, -0.1) is 11.3 Å². The fraction of sp³-hybridized carbons (Fsp3) is 0.200. The number of rotatable bonds is 5. The first-order valence-corrected chi connectivity index (χ1v) is 7.32. The molecule has 1 heterocycles. The van der Waals surface area contributed by atoms with Gasteiger partial charge in [0.1, 0.15) is 17.5 Å². The minimum absolute atomic E-state index is 0.163. The van der Waals surface area contributed by atoms with E-state index in [1.54, 1.807) is 36.6 Å². The predicted molar refractivity (Wildman–Crippen MR) is 82.0 cm³/mol. The first kappa shape index (κ1) is 15.7. The smallest absolute Gasteiger partial charge is 0.266 e. The standard InChI is InChI=1S/C15H13N3O3S/c1-9(19)12-8-22-15(17-12)18-14(20)10(2)21-13-6-4-3-5-11(13)7-16/h3-6,8,10H,1-2H3,(H,17,18,20)/t10-/m0/s1. The van der Waals surface area contributed by atoms with Gasteiger partial charge < -0.3 is 4.74 Å². The van der Waals surface area contributed by atoms with Gasteiger partial charge in [0.25, 0.3) is 5.91 Å². The number of hydrogen-bond acceptors (Lipinski definition) is 6. The number of nitrogens with one attached hydrogen (secondary N) is 1. The molecule has 0 aliphatic carbocycles. The Morgan fingerprint density at radius 3 is 2.77 bits per heavy atom. The van der Waals surface area contributed by atoms with Crippen LogP contribution in [0.2, 0.25) is 0 Å². The molecule has 1 aromatic carbocycles. The number of ether oxygens (including phenoxy) is 1. The van der Waals surface area contributed by atoms with Gasteiger partial charge in [0.05, 0.1) is 5.56 Å². The lowest BCUT2D eigenvalue weighted by Crippen LogP contribution is -2.30. The fourth-order valence-corrected chi connectivity index (χ4v) is 2.36. The Morgan fingerprint density at radius 1 is 1.41 bits per heavy atom. The summed E-state index contributed by atoms with van der Waals surface area (Å²) < 4.78 is 5.50. The van der Waals surface area contributed by atoms with Crippen LogP contribution in [0.25, 0.3) is 0 Å². The van der Waals surface area contributed by atoms with E-state index in [-0.39, 0.29) is 5.78 Å². The Kier molecular flexibility index (Phi) is 4.86. The molecule has 112 valence electrons. The third kappa shape index (κ3) is 3.68. The Balaban J connectivity index is 2.03. The summed E-state index contributed by atoms with van der Waals surface area (Å²) in [4.78, 5) is 27.2. The van der Waals surface area contributed by atoms with E-state index in [2.05, 4.69) is 10.3 Å². The number of para-hydroxylation sites is 1. The highest BCUT2D eigenvalue weighted by molar-refractivity contribution is 7.14. The summed E-state index contributed by atoms with van der Waals surface area (Å²) in [6.45, 7) is 2.98. The molecular weight excluding hydrogens is 302 g/mol. The molecule has 0 spiro atoms. The lowest BCUT2D eigenvalue weighted by atomic mass is 10.2. The molecule has 0 saturated heterocycles. The van der Waals surface area contributed by atoms with E-state index in [0.29, 0.717) is 22.1 Å². The second kappa shape index (κ2) is 6.83. The van der Waals surface area contributed by atoms with Crippen molar-refractivity contribution < 1.29 is 14.3 Å². The van der Waals surface area contributed by atoms with Crippen molar-refractivity contribution in [3.8, 4) is 11.8 Å². The molecule has 0 unspecified atom stereocenters. The molecule has 0 aliphatic rings. The molecule has 0 bridgehead atoms. The average Bonchev–Trinajstić information content (AvgIpc) is 2.96. The van der Waals surface area contributed by atoms with Crippen LogP contribution in [-0.2, 0) is 4.79 Å². The van der Waals surface area contributed by atoms with Crippen molar-refractivity contribution in [1.29, 1.82) is 5.26 Å². The third-order valence-corrected chi connectivity index (χ3v) is 3.53. The second-order valence-corrected chi connectivity index (χ2v) is 5.31. The third-order valence-electron chi connectivity index (χ3n) is 2.78. The van der Waals surface area contributed by atoms with Crippen molar-refractivity contribution in [1.82, 2.24) is 4.98 Å². The summed E-state index contributed by atoms with van der Waals surface area (Å²) in [5.41, 5.74) is 0.666. The average molecular weight is 315 g/mol. The monoisotopic (exact) mass is 315 g/mol. The molecule has 7 heteroatoms. The van der Waals surface area contributed by atoms with E-state index in [4.69, 9.17) is 10.00 Å². The van der Waals surface area contributed by atoms with Crippen LogP contribution in [0, 0.1) is 11.3 Å². The van der Waals surface area contributed by atoms with Crippen LogP contribution in [0.15, 0.2) is 29.6 Å². The zero-order valence-electron chi connectivity index (χ0n) is 12.0. The molecule has 2 aromatic rings. The van der Waals surface area contributed by atoms with E-state index in [9.17, 15) is 9.59 Å². The number of carbonyl (C=O) groups is 2. The molecule has 0 saturated carbocycles. The maximum atomic E-state index is 12.1. The number of anilines is 1. The highest BCUT2D eigenvalue weighted by atomic mass is 32.1. The summed E-state index contributed by atoms with van der Waals surface area (Å²) in [6.07, 6.45) is -0.806. The Bertz CT molecular complexity index is 748. The van der Waals surface area contributed by atoms with E-state index in [1.807, 2.05) is 6.07 Å². The summed E-state index contributed by atoms with van der Waals surface area (Å²) in [5.74, 6) is -0.225. The molecule has 6 nitrogen and oxygen atoms in total. The number of ketones is 1. The predicted octanol–water partition coefficient (Wildman–Crippen LogP) is 2.62. The van der Waals surface area contributed by atoms with Crippen LogP contribution in [0.1, 0.15) is 29.9 Å². The van der Waals surface area contributed by atoms with Crippen LogP contribution < -0.4 is 10.1 Å². The minimum atomic E-state index is -0.806. The molecule has 1 aromatic heterocycles. The van der Waals surface area contributed by atoms with Gasteiger partial charge in [0.15, 0.2) is 17.0 Å². The van der Waals surface area contributed by atoms with Crippen molar-refractivity contribution >= 4 is 28.2 Å². The van der Waals surface area contributed by atoms with Crippen LogP contribution >= 0.6 is 11.3 Å². The van der Waals surface area contributed by atoms with E-state index < -0.39 is 12.0 Å². The van der Waals surface area contributed by atoms with E-state index >= 15 is 0 Å². The van der Waals surface area contributed by atoms with Crippen molar-refractivity contribution in [2.45, 2.75) is 20.0 Å². The lowest BCUT2D eigenvalue weighted by molar-refractivity contribution is -0.122. The van der Waals surface area contributed by atoms with Crippen molar-refractivity contribution in [2.75, 3.05) is 5.32 Å². The number of thiazole rings is 1. The first-order valence-electron chi connectivity index (χ1n) is 6.44. The van der Waals surface area contributed by atoms with E-state index in [0.717, 1.165) is 0 Å². The van der Waals surface area contributed by atoms with Gasteiger partial charge >= 0.3 is 0 Å². The van der Waals surface area contributed by atoms with Crippen LogP contribution in [-0.4, -0.2) is 22.8 Å². The zero-order valence-corrected chi connectivity index (χ0v) is 12.8. The summed E-state index contributed by atoms with van der Waals surface area (Å²) in [6, 6.07) is 8.68. The Hall–Kier alpha value is -2.72. The highest BCUT2D eigenvalue weighted by Crippen LogP contribution is 2.20. The van der Waals surface area contributed by atoms with Crippen molar-refractivity contribution in [3.63, 3.8) is 0 Å². The van der Waals surface area contributed by atoms with Crippen LogP contribution in [0.3, 0.4) is 0 Å². The molecular formula is C15H13N3O3S. The molecule has 2 rings (SSSR count). The van der Waals surface area contributed by atoms with Crippen LogP contribution in [0.5, 0.6) is 5.75 Å². The summed E-state index contributed by atoms with van der Waals surface area (Å²) >= 11 is 1.17. The number of nitriles is 1. The molecule has 0 aliphatic heterocycles. The van der Waals surface area contributed by atoms with Gasteiger partial charge in [-0.1, -0.05) is 12.1 Å². The van der Waals surface area contributed by atoms with Gasteiger partial charge in [-0.05, 0) is 19.1 Å². The molecule has 1 amide bonds. The van der Waals surface area contributed by atoms with Gasteiger partial charge in [-0.3, -0.25) is 14.9 Å². The number of aromatic nitrogens is 1. The van der Waals surface area contributed by atoms with Gasteiger partial charge in [-0.2, -0.15) is 5.26 Å². The number of hydrogen-bond donors (Lipinski definition) is 1. The Morgan fingerprint density at radius 2 is 2.14 bits per heavy atom. The summed E-state index contributed by atoms with van der Waals surface area (Å²) in [5, 5.41) is 13.5. The number of carbonyl (C=O) groups excluding carboxylic acids is 2. The number of Topliss-reactive ketones (excluding diaryl/α,β-unsaturated/α-hetero) is 1. The molecule has 0 radical (unpaired) electrons. The highest BCUT2D eigenvalue weighted by Gasteiger charge is 2.18. The van der Waals surface area contributed by atoms with Crippen LogP contribution in [0.4, 0.5) is 5.13 Å². The second-order valence-electron chi connectivity index (χ2n) is 4.45. The molecule has 0 fully saturated rings. The lowest BCUT2D eigenvalue weighted by Gasteiger charge is -2.14. The van der Waals surface area contributed by atoms with Crippen molar-refractivity contribution in [3.05, 3.63) is 40.9 Å².